The lowest BCUT2D eigenvalue weighted by Crippen LogP contribution is -2.12. The number of hydrogen-bond donors (Lipinski definition) is 1. The molecule has 1 atom stereocenters. The van der Waals surface area contributed by atoms with Crippen molar-refractivity contribution in [1.29, 1.82) is 0 Å². The van der Waals surface area contributed by atoms with Crippen molar-refractivity contribution in [3.05, 3.63) is 23.3 Å². The van der Waals surface area contributed by atoms with E-state index in [-0.39, 0.29) is 17.1 Å². The van der Waals surface area contributed by atoms with E-state index in [9.17, 15) is 18.3 Å². The van der Waals surface area contributed by atoms with E-state index >= 15 is 0 Å². The number of fused-ring (bicyclic) bond motifs is 1. The Hall–Kier alpha value is -1.43. The van der Waals surface area contributed by atoms with Gasteiger partial charge in [-0.15, -0.1) is 0 Å². The third kappa shape index (κ3) is 2.53. The van der Waals surface area contributed by atoms with Crippen molar-refractivity contribution in [3.8, 4) is 11.5 Å². The smallest absolute Gasteiger partial charge is 0.416 e. The van der Waals surface area contributed by atoms with Crippen LogP contribution in [0.5, 0.6) is 11.5 Å². The van der Waals surface area contributed by atoms with E-state index in [0.29, 0.717) is 19.6 Å². The van der Waals surface area contributed by atoms with Crippen LogP contribution < -0.4 is 9.47 Å². The third-order valence-electron chi connectivity index (χ3n) is 2.68. The van der Waals surface area contributed by atoms with Crippen LogP contribution in [0.3, 0.4) is 0 Å². The zero-order chi connectivity index (χ0) is 13.3. The Bertz CT molecular complexity index is 441. The van der Waals surface area contributed by atoms with Gasteiger partial charge in [-0.2, -0.15) is 13.2 Å². The molecule has 1 aliphatic heterocycles. The maximum absolute atomic E-state index is 12.9. The highest BCUT2D eigenvalue weighted by atomic mass is 19.4. The first-order chi connectivity index (χ1) is 8.39. The Labute approximate surface area is 102 Å². The Morgan fingerprint density at radius 3 is 2.22 bits per heavy atom. The molecule has 0 fully saturated rings. The number of aliphatic hydroxyl groups excluding tert-OH is 1. The highest BCUT2D eigenvalue weighted by molar-refractivity contribution is 5.49. The largest absolute Gasteiger partial charge is 0.490 e. The number of hydrogen-bond acceptors (Lipinski definition) is 3. The van der Waals surface area contributed by atoms with Gasteiger partial charge in [0.25, 0.3) is 0 Å². The van der Waals surface area contributed by atoms with Crippen LogP contribution in [0.25, 0.3) is 0 Å². The second-order valence-electron chi connectivity index (χ2n) is 4.11. The van der Waals surface area contributed by atoms with E-state index < -0.39 is 17.8 Å². The van der Waals surface area contributed by atoms with Gasteiger partial charge in [-0.05, 0) is 24.6 Å². The third-order valence-corrected chi connectivity index (χ3v) is 2.68. The van der Waals surface area contributed by atoms with Crippen molar-refractivity contribution in [3.63, 3.8) is 0 Å². The van der Waals surface area contributed by atoms with E-state index in [0.717, 1.165) is 6.07 Å². The minimum atomic E-state index is -4.53. The Balaban J connectivity index is 2.55. The molecular weight excluding hydrogens is 249 g/mol. The minimum Gasteiger partial charge on any atom is -0.490 e. The molecule has 3 nitrogen and oxygen atoms in total. The van der Waals surface area contributed by atoms with E-state index in [1.54, 1.807) is 0 Å². The highest BCUT2D eigenvalue weighted by Gasteiger charge is 2.36. The summed E-state index contributed by atoms with van der Waals surface area (Å²) >= 11 is 0. The lowest BCUT2D eigenvalue weighted by atomic mass is 10.0. The lowest BCUT2D eigenvalue weighted by molar-refractivity contribution is -0.139. The first kappa shape index (κ1) is 13.0. The fourth-order valence-corrected chi connectivity index (χ4v) is 1.82. The van der Waals surface area contributed by atoms with Gasteiger partial charge in [-0.3, -0.25) is 0 Å². The van der Waals surface area contributed by atoms with Gasteiger partial charge >= 0.3 is 6.18 Å². The minimum absolute atomic E-state index is 0.0734. The quantitative estimate of drug-likeness (QED) is 0.845. The van der Waals surface area contributed by atoms with Crippen LogP contribution in [0.4, 0.5) is 13.2 Å². The van der Waals surface area contributed by atoms with Crippen molar-refractivity contribution >= 4 is 0 Å². The summed E-state index contributed by atoms with van der Waals surface area (Å²) in [6.45, 7) is 1.99. The van der Waals surface area contributed by atoms with Gasteiger partial charge < -0.3 is 14.6 Å². The maximum Gasteiger partial charge on any atom is 0.416 e. The summed E-state index contributed by atoms with van der Waals surface area (Å²) in [7, 11) is 0. The van der Waals surface area contributed by atoms with E-state index in [2.05, 4.69) is 0 Å². The van der Waals surface area contributed by atoms with Crippen molar-refractivity contribution in [2.24, 2.45) is 0 Å². The van der Waals surface area contributed by atoms with E-state index in [4.69, 9.17) is 9.47 Å². The molecule has 0 spiro atoms. The molecule has 18 heavy (non-hydrogen) atoms. The van der Waals surface area contributed by atoms with Crippen LogP contribution in [-0.2, 0) is 6.18 Å². The van der Waals surface area contributed by atoms with Crippen molar-refractivity contribution < 1.29 is 27.8 Å². The number of benzene rings is 1. The summed E-state index contributed by atoms with van der Waals surface area (Å²) in [5.41, 5.74) is -1.09. The molecule has 1 unspecified atom stereocenters. The molecule has 100 valence electrons. The summed E-state index contributed by atoms with van der Waals surface area (Å²) in [5, 5.41) is 9.44. The van der Waals surface area contributed by atoms with Gasteiger partial charge in [0.1, 0.15) is 0 Å². The predicted octanol–water partition coefficient (Wildman–Crippen LogP) is 2.92. The second kappa shape index (κ2) is 4.68. The Morgan fingerprint density at radius 2 is 1.72 bits per heavy atom. The van der Waals surface area contributed by atoms with Crippen LogP contribution in [0.15, 0.2) is 12.1 Å². The predicted molar refractivity (Wildman–Crippen MR) is 57.7 cm³/mol. The number of ether oxygens (including phenoxy) is 2. The average molecular weight is 262 g/mol. The number of rotatable bonds is 1. The molecule has 1 heterocycles. The molecule has 0 aromatic heterocycles. The second-order valence-corrected chi connectivity index (χ2v) is 4.11. The maximum atomic E-state index is 12.9. The molecule has 2 rings (SSSR count). The first-order valence-electron chi connectivity index (χ1n) is 5.58. The summed E-state index contributed by atoms with van der Waals surface area (Å²) in [5.74, 6) is 0.320. The van der Waals surface area contributed by atoms with Crippen LogP contribution >= 0.6 is 0 Å². The number of halogens is 3. The zero-order valence-corrected chi connectivity index (χ0v) is 9.75. The average Bonchev–Trinajstić information content (AvgIpc) is 2.50. The monoisotopic (exact) mass is 262 g/mol. The molecule has 0 bridgehead atoms. The van der Waals surface area contributed by atoms with Crippen LogP contribution in [-0.4, -0.2) is 18.3 Å². The van der Waals surface area contributed by atoms with Crippen molar-refractivity contribution in [2.75, 3.05) is 13.2 Å². The molecule has 0 saturated heterocycles. The molecule has 0 aliphatic carbocycles. The molecule has 1 aromatic rings. The molecule has 1 aromatic carbocycles. The Morgan fingerprint density at radius 1 is 1.17 bits per heavy atom. The standard InChI is InChI=1S/C12H13F3O3/c1-7(16)8-5-10-11(18-4-2-3-17-10)6-9(8)12(13,14)15/h5-7,16H,2-4H2,1H3. The summed E-state index contributed by atoms with van der Waals surface area (Å²) in [6.07, 6.45) is -5.14. The van der Waals surface area contributed by atoms with Gasteiger partial charge in [0.15, 0.2) is 11.5 Å². The molecule has 0 saturated carbocycles. The highest BCUT2D eigenvalue weighted by Crippen LogP contribution is 2.41. The summed E-state index contributed by atoms with van der Waals surface area (Å²) < 4.78 is 49.1. The summed E-state index contributed by atoms with van der Waals surface area (Å²) in [4.78, 5) is 0. The first-order valence-corrected chi connectivity index (χ1v) is 5.58. The number of aliphatic hydroxyl groups is 1. The normalized spacial score (nSPS) is 17.2. The molecule has 1 N–H and O–H groups in total. The van der Waals surface area contributed by atoms with E-state index in [1.165, 1.54) is 13.0 Å². The zero-order valence-electron chi connectivity index (χ0n) is 9.75. The number of alkyl halides is 3. The topological polar surface area (TPSA) is 38.7 Å². The van der Waals surface area contributed by atoms with Crippen LogP contribution in [0, 0.1) is 0 Å². The lowest BCUT2D eigenvalue weighted by Gasteiger charge is -2.18. The fraction of sp³-hybridized carbons (Fsp3) is 0.500. The molecular formula is C12H13F3O3. The van der Waals surface area contributed by atoms with Crippen molar-refractivity contribution in [1.82, 2.24) is 0 Å². The van der Waals surface area contributed by atoms with Gasteiger partial charge in [0, 0.05) is 6.42 Å². The Kier molecular flexibility index (Phi) is 3.38. The molecule has 0 radical (unpaired) electrons. The summed E-state index contributed by atoms with van der Waals surface area (Å²) in [6, 6.07) is 2.09. The van der Waals surface area contributed by atoms with Gasteiger partial charge in [0.2, 0.25) is 0 Å². The van der Waals surface area contributed by atoms with Gasteiger partial charge in [-0.25, -0.2) is 0 Å². The molecule has 1 aliphatic rings. The SMILES string of the molecule is CC(O)c1cc2c(cc1C(F)(F)F)OCCCO2. The molecule has 0 amide bonds. The van der Waals surface area contributed by atoms with Crippen LogP contribution in [0.1, 0.15) is 30.6 Å². The van der Waals surface area contributed by atoms with Gasteiger partial charge in [-0.1, -0.05) is 0 Å². The van der Waals surface area contributed by atoms with E-state index in [1.807, 2.05) is 0 Å². The van der Waals surface area contributed by atoms with Crippen molar-refractivity contribution in [2.45, 2.75) is 25.6 Å². The fourth-order valence-electron chi connectivity index (χ4n) is 1.82. The van der Waals surface area contributed by atoms with Gasteiger partial charge in [0.05, 0.1) is 24.9 Å². The molecule has 6 heteroatoms. The van der Waals surface area contributed by atoms with Crippen LogP contribution in [0.2, 0.25) is 0 Å².